The first-order chi connectivity index (χ1) is 11.6. The summed E-state index contributed by atoms with van der Waals surface area (Å²) in [6.45, 7) is 2.88. The van der Waals surface area contributed by atoms with Gasteiger partial charge in [-0.25, -0.2) is 0 Å². The van der Waals surface area contributed by atoms with Gasteiger partial charge >= 0.3 is 5.97 Å². The molecule has 1 aromatic rings. The number of fused-ring (bicyclic) bond motifs is 1. The highest BCUT2D eigenvalue weighted by Gasteiger charge is 2.47. The first-order valence-corrected chi connectivity index (χ1v) is 8.16. The number of aliphatic carboxylic acids is 1. The van der Waals surface area contributed by atoms with Gasteiger partial charge < -0.3 is 19.9 Å². The van der Waals surface area contributed by atoms with Gasteiger partial charge in [-0.3, -0.25) is 9.59 Å². The maximum atomic E-state index is 12.6. The van der Waals surface area contributed by atoms with Gasteiger partial charge in [-0.05, 0) is 25.3 Å². The van der Waals surface area contributed by atoms with Crippen molar-refractivity contribution in [2.45, 2.75) is 32.2 Å². The van der Waals surface area contributed by atoms with Gasteiger partial charge in [-0.1, -0.05) is 31.2 Å². The van der Waals surface area contributed by atoms with E-state index in [0.717, 1.165) is 12.0 Å². The summed E-state index contributed by atoms with van der Waals surface area (Å²) < 4.78 is 11.4. The van der Waals surface area contributed by atoms with Crippen molar-refractivity contribution >= 4 is 11.9 Å². The predicted octanol–water partition coefficient (Wildman–Crippen LogP) is 2.45. The van der Waals surface area contributed by atoms with Gasteiger partial charge in [0.25, 0.3) is 0 Å². The van der Waals surface area contributed by atoms with Gasteiger partial charge in [-0.15, -0.1) is 0 Å². The molecule has 0 bridgehead atoms. The van der Waals surface area contributed by atoms with E-state index in [9.17, 15) is 14.7 Å². The van der Waals surface area contributed by atoms with Crippen LogP contribution in [-0.2, 0) is 9.59 Å². The lowest BCUT2D eigenvalue weighted by molar-refractivity contribution is -0.155. The Kier molecular flexibility index (Phi) is 4.46. The second-order valence-electron chi connectivity index (χ2n) is 6.13. The quantitative estimate of drug-likeness (QED) is 0.618. The van der Waals surface area contributed by atoms with Crippen LogP contribution in [0.25, 0.3) is 0 Å². The highest BCUT2D eigenvalue weighted by Crippen LogP contribution is 2.41. The third kappa shape index (κ3) is 2.72. The Morgan fingerprint density at radius 3 is 2.79 bits per heavy atom. The number of rotatable bonds is 6. The van der Waals surface area contributed by atoms with Crippen LogP contribution in [0.1, 0.15) is 37.8 Å². The molecule has 6 heteroatoms. The van der Waals surface area contributed by atoms with Crippen molar-refractivity contribution in [3.63, 3.8) is 0 Å². The average molecular weight is 331 g/mol. The Bertz CT molecular complexity index is 674. The third-order valence-corrected chi connectivity index (χ3v) is 4.49. The van der Waals surface area contributed by atoms with Gasteiger partial charge in [0.1, 0.15) is 6.61 Å². The number of para-hydroxylation sites is 1. The molecule has 0 fully saturated rings. The SMILES string of the molecule is CCCOc1cccc2c1OCC2NC(=O)C1(C(=O)O)CC=CC1. The van der Waals surface area contributed by atoms with Crippen molar-refractivity contribution in [1.29, 1.82) is 0 Å². The normalized spacial score (nSPS) is 20.3. The minimum atomic E-state index is -1.40. The molecular weight excluding hydrogens is 310 g/mol. The minimum absolute atomic E-state index is 0.217. The molecule has 1 amide bonds. The fourth-order valence-electron chi connectivity index (χ4n) is 3.07. The highest BCUT2D eigenvalue weighted by atomic mass is 16.5. The van der Waals surface area contributed by atoms with Gasteiger partial charge in [0, 0.05) is 5.56 Å². The summed E-state index contributed by atoms with van der Waals surface area (Å²) in [4.78, 5) is 24.2. The van der Waals surface area contributed by atoms with Crippen LogP contribution in [0.15, 0.2) is 30.4 Å². The summed E-state index contributed by atoms with van der Waals surface area (Å²) in [5, 5.41) is 12.3. The van der Waals surface area contributed by atoms with Crippen molar-refractivity contribution in [3.05, 3.63) is 35.9 Å². The Morgan fingerprint density at radius 1 is 1.38 bits per heavy atom. The monoisotopic (exact) mass is 331 g/mol. The number of hydrogen-bond donors (Lipinski definition) is 2. The molecule has 0 aromatic heterocycles. The van der Waals surface area contributed by atoms with Crippen LogP contribution < -0.4 is 14.8 Å². The zero-order valence-corrected chi connectivity index (χ0v) is 13.6. The molecule has 2 aliphatic rings. The molecule has 1 heterocycles. The number of allylic oxidation sites excluding steroid dienone is 2. The zero-order chi connectivity index (χ0) is 17.2. The largest absolute Gasteiger partial charge is 0.490 e. The van der Waals surface area contributed by atoms with E-state index in [1.165, 1.54) is 0 Å². The maximum absolute atomic E-state index is 12.6. The van der Waals surface area contributed by atoms with E-state index in [2.05, 4.69) is 5.32 Å². The Morgan fingerprint density at radius 2 is 2.12 bits per heavy atom. The van der Waals surface area contributed by atoms with E-state index >= 15 is 0 Å². The van der Waals surface area contributed by atoms with Crippen LogP contribution in [0.3, 0.4) is 0 Å². The highest BCUT2D eigenvalue weighted by molar-refractivity contribution is 6.03. The first kappa shape index (κ1) is 16.4. The molecule has 0 saturated heterocycles. The summed E-state index contributed by atoms with van der Waals surface area (Å²) in [7, 11) is 0. The second-order valence-corrected chi connectivity index (χ2v) is 6.13. The summed E-state index contributed by atoms with van der Waals surface area (Å²) in [6, 6.07) is 5.18. The lowest BCUT2D eigenvalue weighted by Crippen LogP contribution is -2.46. The molecule has 2 N–H and O–H groups in total. The van der Waals surface area contributed by atoms with Crippen molar-refractivity contribution in [1.82, 2.24) is 5.32 Å². The molecule has 6 nitrogen and oxygen atoms in total. The third-order valence-electron chi connectivity index (χ3n) is 4.49. The van der Waals surface area contributed by atoms with Gasteiger partial charge in [0.05, 0.1) is 12.6 Å². The maximum Gasteiger partial charge on any atom is 0.319 e. The summed E-state index contributed by atoms with van der Waals surface area (Å²) in [6.07, 6.45) is 4.80. The molecule has 1 aliphatic carbocycles. The number of amides is 1. The zero-order valence-electron chi connectivity index (χ0n) is 13.6. The lowest BCUT2D eigenvalue weighted by atomic mass is 9.84. The lowest BCUT2D eigenvalue weighted by Gasteiger charge is -2.24. The molecule has 1 atom stereocenters. The molecule has 3 rings (SSSR count). The van der Waals surface area contributed by atoms with Crippen LogP contribution >= 0.6 is 0 Å². The Labute approximate surface area is 140 Å². The minimum Gasteiger partial charge on any atom is -0.490 e. The molecular formula is C18H21NO5. The van der Waals surface area contributed by atoms with Crippen molar-refractivity contribution in [2.75, 3.05) is 13.2 Å². The van der Waals surface area contributed by atoms with E-state index in [-0.39, 0.29) is 25.5 Å². The topological polar surface area (TPSA) is 84.9 Å². The average Bonchev–Trinajstić information content (AvgIpc) is 3.21. The smallest absolute Gasteiger partial charge is 0.319 e. The summed E-state index contributed by atoms with van der Waals surface area (Å²) >= 11 is 0. The molecule has 0 saturated carbocycles. The van der Waals surface area contributed by atoms with Crippen LogP contribution in [0, 0.1) is 5.41 Å². The number of carboxylic acids is 1. The number of ether oxygens (including phenoxy) is 2. The number of carbonyl (C=O) groups excluding carboxylic acids is 1. The first-order valence-electron chi connectivity index (χ1n) is 8.16. The van der Waals surface area contributed by atoms with Gasteiger partial charge in [0.2, 0.25) is 5.91 Å². The van der Waals surface area contributed by atoms with E-state index in [0.29, 0.717) is 18.1 Å². The summed E-state index contributed by atoms with van der Waals surface area (Å²) in [5.41, 5.74) is -0.581. The van der Waals surface area contributed by atoms with E-state index < -0.39 is 17.3 Å². The Hall–Kier alpha value is -2.50. The van der Waals surface area contributed by atoms with Crippen molar-refractivity contribution in [3.8, 4) is 11.5 Å². The standard InChI is InChI=1S/C18H21NO5/c1-2-10-23-14-7-5-6-12-13(11-24-15(12)14)19-16(20)18(17(21)22)8-3-4-9-18/h3-7,13H,2,8-11H2,1H3,(H,19,20)(H,21,22). The molecule has 0 spiro atoms. The van der Waals surface area contributed by atoms with Crippen LogP contribution in [0.5, 0.6) is 11.5 Å². The number of hydrogen-bond acceptors (Lipinski definition) is 4. The van der Waals surface area contributed by atoms with E-state index in [4.69, 9.17) is 9.47 Å². The van der Waals surface area contributed by atoms with Crippen LogP contribution in [0.2, 0.25) is 0 Å². The molecule has 128 valence electrons. The van der Waals surface area contributed by atoms with Crippen LogP contribution in [-0.4, -0.2) is 30.2 Å². The molecule has 0 radical (unpaired) electrons. The van der Waals surface area contributed by atoms with E-state index in [1.54, 1.807) is 12.2 Å². The fraction of sp³-hybridized carbons (Fsp3) is 0.444. The number of carbonyl (C=O) groups is 2. The molecule has 24 heavy (non-hydrogen) atoms. The second kappa shape index (κ2) is 6.55. The number of nitrogens with one attached hydrogen (secondary N) is 1. The van der Waals surface area contributed by atoms with Crippen molar-refractivity contribution in [2.24, 2.45) is 5.41 Å². The van der Waals surface area contributed by atoms with Crippen molar-refractivity contribution < 1.29 is 24.2 Å². The number of benzene rings is 1. The summed E-state index contributed by atoms with van der Waals surface area (Å²) in [5.74, 6) is -0.280. The van der Waals surface area contributed by atoms with E-state index in [1.807, 2.05) is 25.1 Å². The molecule has 1 aromatic carbocycles. The molecule has 1 aliphatic heterocycles. The van der Waals surface area contributed by atoms with Gasteiger partial charge in [0.15, 0.2) is 16.9 Å². The van der Waals surface area contributed by atoms with Gasteiger partial charge in [-0.2, -0.15) is 0 Å². The van der Waals surface area contributed by atoms with Crippen LogP contribution in [0.4, 0.5) is 0 Å². The predicted molar refractivity (Wildman–Crippen MR) is 87.0 cm³/mol. The Balaban J connectivity index is 1.77. The fourth-order valence-corrected chi connectivity index (χ4v) is 3.07. The number of carboxylic acid groups (broad SMARTS) is 1. The molecule has 1 unspecified atom stereocenters.